The zero-order valence-electron chi connectivity index (χ0n) is 12.2. The van der Waals surface area contributed by atoms with Gasteiger partial charge in [0.05, 0.1) is 12.3 Å². The molecule has 0 aliphatic carbocycles. The fourth-order valence-electron chi connectivity index (χ4n) is 1.73. The van der Waals surface area contributed by atoms with Gasteiger partial charge in [0.25, 0.3) is 5.91 Å². The molecule has 2 aromatic rings. The third-order valence-corrected chi connectivity index (χ3v) is 4.34. The van der Waals surface area contributed by atoms with Crippen molar-refractivity contribution in [1.29, 1.82) is 0 Å². The van der Waals surface area contributed by atoms with Crippen LogP contribution >= 0.6 is 11.6 Å². The lowest BCUT2D eigenvalue weighted by Crippen LogP contribution is -2.14. The Morgan fingerprint density at radius 1 is 1.36 bits per heavy atom. The van der Waals surface area contributed by atoms with E-state index in [1.54, 1.807) is 30.5 Å². The smallest absolute Gasteiger partial charge is 0.256 e. The highest BCUT2D eigenvalue weighted by atomic mass is 35.5. The predicted molar refractivity (Wildman–Crippen MR) is 86.1 cm³/mol. The number of amides is 1. The molecule has 0 saturated carbocycles. The zero-order chi connectivity index (χ0) is 16.3. The number of sulfone groups is 1. The van der Waals surface area contributed by atoms with E-state index in [2.05, 4.69) is 10.4 Å². The molecule has 1 heterocycles. The summed E-state index contributed by atoms with van der Waals surface area (Å²) in [5.41, 5.74) is 1.32. The van der Waals surface area contributed by atoms with Gasteiger partial charge in [0.2, 0.25) is 0 Å². The summed E-state index contributed by atoms with van der Waals surface area (Å²) in [6, 6.07) is 6.64. The molecule has 1 amide bonds. The summed E-state index contributed by atoms with van der Waals surface area (Å²) in [6.45, 7) is 2.10. The van der Waals surface area contributed by atoms with Crippen LogP contribution in [0, 0.1) is 6.92 Å². The van der Waals surface area contributed by atoms with Crippen LogP contribution in [0.5, 0.6) is 0 Å². The number of hydrogen-bond donors (Lipinski definition) is 1. The number of rotatable bonds is 5. The molecule has 1 aromatic carbocycles. The van der Waals surface area contributed by atoms with Gasteiger partial charge in [-0.05, 0) is 24.6 Å². The maximum atomic E-state index is 12.1. The summed E-state index contributed by atoms with van der Waals surface area (Å²) in [5, 5.41) is 7.27. The molecule has 8 heteroatoms. The Morgan fingerprint density at radius 3 is 2.73 bits per heavy atom. The quantitative estimate of drug-likeness (QED) is 0.903. The van der Waals surface area contributed by atoms with Crippen LogP contribution in [0.2, 0.25) is 5.02 Å². The lowest BCUT2D eigenvalue weighted by Gasteiger charge is -2.04. The number of aromatic nitrogens is 2. The van der Waals surface area contributed by atoms with E-state index in [4.69, 9.17) is 11.6 Å². The van der Waals surface area contributed by atoms with Gasteiger partial charge in [0, 0.05) is 29.1 Å². The van der Waals surface area contributed by atoms with Crippen LogP contribution < -0.4 is 5.32 Å². The van der Waals surface area contributed by atoms with Crippen molar-refractivity contribution in [3.05, 3.63) is 46.6 Å². The van der Waals surface area contributed by atoms with E-state index < -0.39 is 9.84 Å². The van der Waals surface area contributed by atoms with Gasteiger partial charge in [-0.2, -0.15) is 5.10 Å². The highest BCUT2D eigenvalue weighted by Crippen LogP contribution is 2.17. The minimum atomic E-state index is -3.05. The standard InChI is InChI=1S/C14H16ClN3O3S/c1-10-3-4-11(9-12(10)15)14(19)16-13-5-6-18(17-13)7-8-22(2,20)21/h3-6,9H,7-8H2,1-2H3,(H,16,17,19). The van der Waals surface area contributed by atoms with Gasteiger partial charge in [0.1, 0.15) is 9.84 Å². The number of anilines is 1. The van der Waals surface area contributed by atoms with Gasteiger partial charge < -0.3 is 5.32 Å². The Morgan fingerprint density at radius 2 is 2.09 bits per heavy atom. The number of nitrogens with zero attached hydrogens (tertiary/aromatic N) is 2. The summed E-state index contributed by atoms with van der Waals surface area (Å²) in [6.07, 6.45) is 2.78. The van der Waals surface area contributed by atoms with Crippen LogP contribution in [0.3, 0.4) is 0 Å². The highest BCUT2D eigenvalue weighted by Gasteiger charge is 2.10. The maximum absolute atomic E-state index is 12.1. The molecule has 0 unspecified atom stereocenters. The fourth-order valence-corrected chi connectivity index (χ4v) is 2.43. The van der Waals surface area contributed by atoms with Gasteiger partial charge in [-0.15, -0.1) is 0 Å². The average molecular weight is 342 g/mol. The largest absolute Gasteiger partial charge is 0.305 e. The molecule has 22 heavy (non-hydrogen) atoms. The lowest BCUT2D eigenvalue weighted by atomic mass is 10.1. The Balaban J connectivity index is 2.03. The number of nitrogens with one attached hydrogen (secondary N) is 1. The van der Waals surface area contributed by atoms with Crippen molar-refractivity contribution in [1.82, 2.24) is 9.78 Å². The minimum absolute atomic E-state index is 0.00433. The summed E-state index contributed by atoms with van der Waals surface area (Å²) >= 11 is 5.99. The summed E-state index contributed by atoms with van der Waals surface area (Å²) in [5.74, 6) is 0.0285. The molecule has 0 radical (unpaired) electrons. The first-order valence-electron chi connectivity index (χ1n) is 6.53. The number of carbonyl (C=O) groups is 1. The maximum Gasteiger partial charge on any atom is 0.256 e. The van der Waals surface area contributed by atoms with E-state index in [0.29, 0.717) is 16.4 Å². The molecule has 0 atom stereocenters. The second-order valence-electron chi connectivity index (χ2n) is 5.01. The average Bonchev–Trinajstić information content (AvgIpc) is 2.86. The van der Waals surface area contributed by atoms with Crippen molar-refractivity contribution in [2.45, 2.75) is 13.5 Å². The SMILES string of the molecule is Cc1ccc(C(=O)Nc2ccn(CCS(C)(=O)=O)n2)cc1Cl. The van der Waals surface area contributed by atoms with Crippen molar-refractivity contribution in [2.75, 3.05) is 17.3 Å². The monoisotopic (exact) mass is 341 g/mol. The van der Waals surface area contributed by atoms with Crippen molar-refractivity contribution in [3.8, 4) is 0 Å². The molecule has 0 fully saturated rings. The number of carbonyl (C=O) groups excluding carboxylic acids is 1. The number of hydrogen-bond acceptors (Lipinski definition) is 4. The third-order valence-electron chi connectivity index (χ3n) is 3.01. The second kappa shape index (κ2) is 6.50. The van der Waals surface area contributed by atoms with Crippen LogP contribution in [0.1, 0.15) is 15.9 Å². The Bertz CT molecular complexity index is 799. The molecule has 0 aliphatic heterocycles. The van der Waals surface area contributed by atoms with Gasteiger partial charge in [-0.25, -0.2) is 8.42 Å². The Hall–Kier alpha value is -1.86. The minimum Gasteiger partial charge on any atom is -0.305 e. The van der Waals surface area contributed by atoms with Crippen LogP contribution in [0.4, 0.5) is 5.82 Å². The first kappa shape index (κ1) is 16.5. The molecule has 118 valence electrons. The van der Waals surface area contributed by atoms with Crippen molar-refractivity contribution < 1.29 is 13.2 Å². The van der Waals surface area contributed by atoms with E-state index in [1.807, 2.05) is 6.92 Å². The fraction of sp³-hybridized carbons (Fsp3) is 0.286. The van der Waals surface area contributed by atoms with Gasteiger partial charge in [-0.3, -0.25) is 9.48 Å². The van der Waals surface area contributed by atoms with Crippen LogP contribution in [0.15, 0.2) is 30.5 Å². The van der Waals surface area contributed by atoms with E-state index in [-0.39, 0.29) is 18.2 Å². The first-order chi connectivity index (χ1) is 10.2. The molecular formula is C14H16ClN3O3S. The Labute approximate surface area is 134 Å². The second-order valence-corrected chi connectivity index (χ2v) is 7.68. The highest BCUT2D eigenvalue weighted by molar-refractivity contribution is 7.90. The molecule has 0 bridgehead atoms. The van der Waals surface area contributed by atoms with Gasteiger partial charge in [0.15, 0.2) is 5.82 Å². The summed E-state index contributed by atoms with van der Waals surface area (Å²) < 4.78 is 23.7. The molecule has 6 nitrogen and oxygen atoms in total. The number of aryl methyl sites for hydroxylation is 2. The van der Waals surface area contributed by atoms with Crippen molar-refractivity contribution >= 4 is 33.2 Å². The Kier molecular flexibility index (Phi) is 4.87. The van der Waals surface area contributed by atoms with Gasteiger partial charge >= 0.3 is 0 Å². The van der Waals surface area contributed by atoms with Crippen molar-refractivity contribution in [3.63, 3.8) is 0 Å². The lowest BCUT2D eigenvalue weighted by molar-refractivity contribution is 0.102. The first-order valence-corrected chi connectivity index (χ1v) is 8.97. The van der Waals surface area contributed by atoms with E-state index in [0.717, 1.165) is 5.56 Å². The molecule has 2 rings (SSSR count). The van der Waals surface area contributed by atoms with Crippen LogP contribution in [-0.4, -0.2) is 36.1 Å². The molecule has 1 N–H and O–H groups in total. The topological polar surface area (TPSA) is 81.1 Å². The van der Waals surface area contributed by atoms with Gasteiger partial charge in [-0.1, -0.05) is 17.7 Å². The summed E-state index contributed by atoms with van der Waals surface area (Å²) in [7, 11) is -3.05. The molecule has 0 spiro atoms. The molecule has 0 aliphatic rings. The number of benzene rings is 1. The van der Waals surface area contributed by atoms with E-state index in [1.165, 1.54) is 10.9 Å². The van der Waals surface area contributed by atoms with Crippen molar-refractivity contribution in [2.24, 2.45) is 0 Å². The van der Waals surface area contributed by atoms with Crippen LogP contribution in [0.25, 0.3) is 0 Å². The molecular weight excluding hydrogens is 326 g/mol. The normalized spacial score (nSPS) is 11.4. The van der Waals surface area contributed by atoms with Crippen LogP contribution in [-0.2, 0) is 16.4 Å². The number of halogens is 1. The molecule has 1 aromatic heterocycles. The third kappa shape index (κ3) is 4.57. The predicted octanol–water partition coefficient (Wildman–Crippen LogP) is 2.14. The zero-order valence-corrected chi connectivity index (χ0v) is 13.8. The van der Waals surface area contributed by atoms with E-state index >= 15 is 0 Å². The van der Waals surface area contributed by atoms with E-state index in [9.17, 15) is 13.2 Å². The summed E-state index contributed by atoms with van der Waals surface area (Å²) in [4.78, 5) is 12.1. The molecule has 0 saturated heterocycles.